The average molecular weight is 333 g/mol. The normalized spacial score (nSPS) is 20.0. The van der Waals surface area contributed by atoms with E-state index in [1.807, 2.05) is 61.5 Å². The van der Waals surface area contributed by atoms with Gasteiger partial charge in [0, 0.05) is 18.3 Å². The zero-order valence-electron chi connectivity index (χ0n) is 14.2. The zero-order valence-corrected chi connectivity index (χ0v) is 14.2. The third-order valence-electron chi connectivity index (χ3n) is 4.78. The highest BCUT2D eigenvalue weighted by Gasteiger charge is 2.43. The number of nitrogens with zero attached hydrogens (tertiary/aromatic N) is 2. The number of nitrogens with one attached hydrogen (secondary N) is 1. The second kappa shape index (κ2) is 5.77. The molecule has 0 saturated heterocycles. The van der Waals surface area contributed by atoms with Gasteiger partial charge < -0.3 is 10.2 Å². The van der Waals surface area contributed by atoms with Crippen molar-refractivity contribution in [3.05, 3.63) is 77.0 Å². The zero-order chi connectivity index (χ0) is 17.6. The molecule has 5 nitrogen and oxygen atoms in total. The minimum absolute atomic E-state index is 0.126. The van der Waals surface area contributed by atoms with E-state index >= 15 is 0 Å². The molecule has 0 aliphatic carbocycles. The molecule has 1 atom stereocenters. The number of amides is 3. The summed E-state index contributed by atoms with van der Waals surface area (Å²) in [6.07, 6.45) is 0. The van der Waals surface area contributed by atoms with E-state index in [0.717, 1.165) is 22.4 Å². The van der Waals surface area contributed by atoms with Gasteiger partial charge >= 0.3 is 6.03 Å². The van der Waals surface area contributed by atoms with E-state index in [9.17, 15) is 9.59 Å². The molecule has 0 spiro atoms. The second-order valence-electron chi connectivity index (χ2n) is 6.46. The van der Waals surface area contributed by atoms with Gasteiger partial charge in [-0.3, -0.25) is 9.69 Å². The van der Waals surface area contributed by atoms with Gasteiger partial charge in [-0.25, -0.2) is 4.79 Å². The number of aryl methyl sites for hydroxylation is 1. The van der Waals surface area contributed by atoms with E-state index in [2.05, 4.69) is 5.32 Å². The number of benzene rings is 2. The molecule has 4 rings (SSSR count). The van der Waals surface area contributed by atoms with Crippen LogP contribution in [-0.2, 0) is 4.79 Å². The van der Waals surface area contributed by atoms with Crippen LogP contribution in [0, 0.1) is 6.92 Å². The van der Waals surface area contributed by atoms with Gasteiger partial charge in [-0.2, -0.15) is 0 Å². The molecular formula is C20H19N3O2. The van der Waals surface area contributed by atoms with Gasteiger partial charge in [0.1, 0.15) is 5.70 Å². The van der Waals surface area contributed by atoms with Crippen molar-refractivity contribution in [3.8, 4) is 0 Å². The number of likely N-dealkylation sites (N-methyl/N-ethyl adjacent to an activating group) is 1. The fourth-order valence-corrected chi connectivity index (χ4v) is 3.51. The number of hydrogen-bond acceptors (Lipinski definition) is 2. The van der Waals surface area contributed by atoms with Crippen LogP contribution >= 0.6 is 0 Å². The Morgan fingerprint density at radius 2 is 1.80 bits per heavy atom. The molecule has 0 bridgehead atoms. The summed E-state index contributed by atoms with van der Waals surface area (Å²) in [6.45, 7) is 2.48. The number of hydrogen-bond donors (Lipinski definition) is 1. The molecule has 1 N–H and O–H groups in total. The summed E-state index contributed by atoms with van der Waals surface area (Å²) in [4.78, 5) is 28.6. The molecule has 2 aromatic rings. The Hall–Kier alpha value is -3.08. The van der Waals surface area contributed by atoms with Crippen molar-refractivity contribution < 1.29 is 9.59 Å². The molecule has 25 heavy (non-hydrogen) atoms. The quantitative estimate of drug-likeness (QED) is 0.918. The largest absolute Gasteiger partial charge is 0.327 e. The Kier molecular flexibility index (Phi) is 3.57. The van der Waals surface area contributed by atoms with Crippen molar-refractivity contribution in [1.82, 2.24) is 10.2 Å². The summed E-state index contributed by atoms with van der Waals surface area (Å²) >= 11 is 0. The molecule has 2 aliphatic heterocycles. The van der Waals surface area contributed by atoms with Crippen LogP contribution in [0.4, 0.5) is 10.5 Å². The fraction of sp³-hybridized carbons (Fsp3) is 0.200. The molecule has 0 aromatic heterocycles. The molecular weight excluding hydrogens is 314 g/mol. The molecule has 2 heterocycles. The number of carbonyl (C=O) groups is 2. The minimum Gasteiger partial charge on any atom is -0.327 e. The third-order valence-corrected chi connectivity index (χ3v) is 4.78. The lowest BCUT2D eigenvalue weighted by molar-refractivity contribution is -0.115. The van der Waals surface area contributed by atoms with Gasteiger partial charge in [0.05, 0.1) is 12.6 Å². The Balaban J connectivity index is 1.77. The summed E-state index contributed by atoms with van der Waals surface area (Å²) in [5.41, 5.74) is 4.35. The molecule has 1 unspecified atom stereocenters. The Morgan fingerprint density at radius 3 is 2.52 bits per heavy atom. The van der Waals surface area contributed by atoms with Crippen molar-refractivity contribution in [2.24, 2.45) is 0 Å². The maximum Gasteiger partial charge on any atom is 0.322 e. The second-order valence-corrected chi connectivity index (χ2v) is 6.46. The molecule has 0 fully saturated rings. The van der Waals surface area contributed by atoms with E-state index in [4.69, 9.17) is 0 Å². The van der Waals surface area contributed by atoms with Gasteiger partial charge in [-0.05, 0) is 30.2 Å². The Morgan fingerprint density at radius 1 is 1.04 bits per heavy atom. The topological polar surface area (TPSA) is 52.7 Å². The lowest BCUT2D eigenvalue weighted by atomic mass is 9.96. The SMILES string of the molecule is Cc1cccc(N2CC3=C(C2=O)N(C)C(=O)NC3c2ccccc2)c1. The first kappa shape index (κ1) is 15.4. The smallest absolute Gasteiger partial charge is 0.322 e. The van der Waals surface area contributed by atoms with E-state index in [1.54, 1.807) is 11.9 Å². The van der Waals surface area contributed by atoms with Crippen LogP contribution in [0.5, 0.6) is 0 Å². The van der Waals surface area contributed by atoms with Crippen LogP contribution in [0.2, 0.25) is 0 Å². The van der Waals surface area contributed by atoms with Gasteiger partial charge in [-0.15, -0.1) is 0 Å². The first-order valence-corrected chi connectivity index (χ1v) is 8.27. The van der Waals surface area contributed by atoms with Crippen molar-refractivity contribution >= 4 is 17.6 Å². The summed E-state index contributed by atoms with van der Waals surface area (Å²) in [5, 5.41) is 3.01. The highest BCUT2D eigenvalue weighted by molar-refractivity contribution is 6.11. The standard InChI is InChI=1S/C20H19N3O2/c1-13-7-6-10-15(11-13)23-12-16-17(14-8-4-3-5-9-14)21-20(25)22(2)18(16)19(23)24/h3-11,17H,12H2,1-2H3,(H,21,25). The predicted molar refractivity (Wildman–Crippen MR) is 96.0 cm³/mol. The first-order chi connectivity index (χ1) is 12.1. The van der Waals surface area contributed by atoms with Crippen molar-refractivity contribution in [2.45, 2.75) is 13.0 Å². The fourth-order valence-electron chi connectivity index (χ4n) is 3.51. The van der Waals surface area contributed by atoms with Gasteiger partial charge in [0.25, 0.3) is 5.91 Å². The predicted octanol–water partition coefficient (Wildman–Crippen LogP) is 2.99. The van der Waals surface area contributed by atoms with Crippen LogP contribution in [0.3, 0.4) is 0 Å². The number of urea groups is 1. The molecule has 126 valence electrons. The molecule has 0 radical (unpaired) electrons. The van der Waals surface area contributed by atoms with Crippen molar-refractivity contribution in [3.63, 3.8) is 0 Å². The molecule has 5 heteroatoms. The van der Waals surface area contributed by atoms with Crippen LogP contribution < -0.4 is 10.2 Å². The lowest BCUT2D eigenvalue weighted by Gasteiger charge is -2.31. The summed E-state index contributed by atoms with van der Waals surface area (Å²) in [6, 6.07) is 17.1. The van der Waals surface area contributed by atoms with Crippen molar-refractivity contribution in [2.75, 3.05) is 18.5 Å². The van der Waals surface area contributed by atoms with E-state index < -0.39 is 0 Å². The van der Waals surface area contributed by atoms with E-state index in [1.165, 1.54) is 4.90 Å². The monoisotopic (exact) mass is 333 g/mol. The minimum atomic E-state index is -0.279. The summed E-state index contributed by atoms with van der Waals surface area (Å²) < 4.78 is 0. The van der Waals surface area contributed by atoms with Crippen LogP contribution in [-0.4, -0.2) is 30.4 Å². The summed E-state index contributed by atoms with van der Waals surface area (Å²) in [7, 11) is 1.64. The first-order valence-electron chi connectivity index (χ1n) is 8.27. The maximum atomic E-state index is 13.0. The Bertz CT molecular complexity index is 889. The highest BCUT2D eigenvalue weighted by atomic mass is 16.2. The molecule has 0 saturated carbocycles. The van der Waals surface area contributed by atoms with Crippen molar-refractivity contribution in [1.29, 1.82) is 0 Å². The maximum absolute atomic E-state index is 13.0. The summed E-state index contributed by atoms with van der Waals surface area (Å²) in [5.74, 6) is -0.126. The van der Waals surface area contributed by atoms with Gasteiger partial charge in [0.2, 0.25) is 0 Å². The van der Waals surface area contributed by atoms with E-state index in [-0.39, 0.29) is 18.0 Å². The molecule has 2 aromatic carbocycles. The van der Waals surface area contributed by atoms with Gasteiger partial charge in [-0.1, -0.05) is 42.5 Å². The Labute approximate surface area is 146 Å². The number of anilines is 1. The van der Waals surface area contributed by atoms with E-state index in [0.29, 0.717) is 12.2 Å². The van der Waals surface area contributed by atoms with Crippen LogP contribution in [0.15, 0.2) is 65.9 Å². The third kappa shape index (κ3) is 2.48. The van der Waals surface area contributed by atoms with Crippen LogP contribution in [0.25, 0.3) is 0 Å². The van der Waals surface area contributed by atoms with Crippen LogP contribution in [0.1, 0.15) is 17.2 Å². The highest BCUT2D eigenvalue weighted by Crippen LogP contribution is 2.37. The number of carbonyl (C=O) groups excluding carboxylic acids is 2. The lowest BCUT2D eigenvalue weighted by Crippen LogP contribution is -2.45. The number of rotatable bonds is 2. The average Bonchev–Trinajstić information content (AvgIpc) is 2.96. The molecule has 2 aliphatic rings. The molecule has 3 amide bonds. The van der Waals surface area contributed by atoms with Gasteiger partial charge in [0.15, 0.2) is 0 Å².